The predicted molar refractivity (Wildman–Crippen MR) is 65.4 cm³/mol. The average molecular weight is 230 g/mol. The van der Waals surface area contributed by atoms with E-state index in [9.17, 15) is 4.79 Å². The second kappa shape index (κ2) is 4.29. The molecule has 0 fully saturated rings. The smallest absolute Gasteiger partial charge is 0.248 e. The van der Waals surface area contributed by atoms with Crippen LogP contribution in [0.2, 0.25) is 0 Å². The standard InChI is InChI=1S/C12H14N4O/c1-8-4-5-16(15-8)7-10-3-2-9(12(14)17)6-11(10)13/h2-6H,7,13H2,1H3,(H2,14,17). The predicted octanol–water partition coefficient (Wildman–Crippen LogP) is 0.921. The summed E-state index contributed by atoms with van der Waals surface area (Å²) in [5.41, 5.74) is 13.9. The van der Waals surface area contributed by atoms with Crippen LogP contribution < -0.4 is 11.5 Å². The lowest BCUT2D eigenvalue weighted by Crippen LogP contribution is -2.12. The van der Waals surface area contributed by atoms with Gasteiger partial charge in [-0.25, -0.2) is 0 Å². The molecule has 2 aromatic rings. The summed E-state index contributed by atoms with van der Waals surface area (Å²) in [6.07, 6.45) is 1.89. The van der Waals surface area contributed by atoms with Crippen LogP contribution in [0.25, 0.3) is 0 Å². The second-order valence-corrected chi connectivity index (χ2v) is 3.93. The number of hydrogen-bond donors (Lipinski definition) is 2. The minimum Gasteiger partial charge on any atom is -0.398 e. The molecule has 1 aromatic heterocycles. The number of benzene rings is 1. The van der Waals surface area contributed by atoms with E-state index in [2.05, 4.69) is 5.10 Å². The Hall–Kier alpha value is -2.30. The first-order valence-corrected chi connectivity index (χ1v) is 5.24. The van der Waals surface area contributed by atoms with Crippen molar-refractivity contribution in [2.75, 3.05) is 5.73 Å². The van der Waals surface area contributed by atoms with Crippen molar-refractivity contribution in [2.24, 2.45) is 5.73 Å². The summed E-state index contributed by atoms with van der Waals surface area (Å²) >= 11 is 0. The van der Waals surface area contributed by atoms with E-state index in [0.717, 1.165) is 11.3 Å². The molecule has 4 N–H and O–H groups in total. The minimum atomic E-state index is -0.474. The molecule has 1 heterocycles. The van der Waals surface area contributed by atoms with Gasteiger partial charge in [0, 0.05) is 17.4 Å². The molecule has 0 atom stereocenters. The van der Waals surface area contributed by atoms with Gasteiger partial charge in [0.1, 0.15) is 0 Å². The third kappa shape index (κ3) is 2.44. The molecule has 17 heavy (non-hydrogen) atoms. The lowest BCUT2D eigenvalue weighted by molar-refractivity contribution is 0.100. The van der Waals surface area contributed by atoms with Crippen LogP contribution in [0.1, 0.15) is 21.6 Å². The highest BCUT2D eigenvalue weighted by molar-refractivity contribution is 5.93. The number of carbonyl (C=O) groups is 1. The van der Waals surface area contributed by atoms with E-state index >= 15 is 0 Å². The van der Waals surface area contributed by atoms with Crippen molar-refractivity contribution in [1.29, 1.82) is 0 Å². The molecule has 88 valence electrons. The van der Waals surface area contributed by atoms with Crippen molar-refractivity contribution in [3.63, 3.8) is 0 Å². The van der Waals surface area contributed by atoms with Crippen LogP contribution in [-0.2, 0) is 6.54 Å². The highest BCUT2D eigenvalue weighted by Gasteiger charge is 2.05. The van der Waals surface area contributed by atoms with Crippen LogP contribution in [0.4, 0.5) is 5.69 Å². The van der Waals surface area contributed by atoms with E-state index in [0.29, 0.717) is 17.8 Å². The maximum absolute atomic E-state index is 11.0. The van der Waals surface area contributed by atoms with Gasteiger partial charge in [-0.15, -0.1) is 0 Å². The van der Waals surface area contributed by atoms with Crippen LogP contribution in [0, 0.1) is 6.92 Å². The number of nitrogens with two attached hydrogens (primary N) is 2. The number of primary amides is 1. The van der Waals surface area contributed by atoms with E-state index in [1.165, 1.54) is 0 Å². The first-order chi connectivity index (χ1) is 8.06. The van der Waals surface area contributed by atoms with Gasteiger partial charge in [-0.2, -0.15) is 5.10 Å². The molecule has 0 bridgehead atoms. The Balaban J connectivity index is 2.25. The summed E-state index contributed by atoms with van der Waals surface area (Å²) in [5.74, 6) is -0.474. The van der Waals surface area contributed by atoms with Crippen LogP contribution in [0.15, 0.2) is 30.5 Å². The van der Waals surface area contributed by atoms with Crippen molar-refractivity contribution in [2.45, 2.75) is 13.5 Å². The van der Waals surface area contributed by atoms with Gasteiger partial charge >= 0.3 is 0 Å². The number of hydrogen-bond acceptors (Lipinski definition) is 3. The number of anilines is 1. The highest BCUT2D eigenvalue weighted by atomic mass is 16.1. The van der Waals surface area contributed by atoms with E-state index in [1.807, 2.05) is 19.2 Å². The molecule has 0 radical (unpaired) electrons. The second-order valence-electron chi connectivity index (χ2n) is 3.93. The third-order valence-corrected chi connectivity index (χ3v) is 2.54. The molecule has 0 aliphatic carbocycles. The summed E-state index contributed by atoms with van der Waals surface area (Å²) < 4.78 is 1.80. The molecule has 5 nitrogen and oxygen atoms in total. The van der Waals surface area contributed by atoms with Crippen molar-refractivity contribution >= 4 is 11.6 Å². The number of nitrogens with zero attached hydrogens (tertiary/aromatic N) is 2. The molecule has 0 aliphatic heterocycles. The Morgan fingerprint density at radius 3 is 2.71 bits per heavy atom. The lowest BCUT2D eigenvalue weighted by atomic mass is 10.1. The monoisotopic (exact) mass is 230 g/mol. The van der Waals surface area contributed by atoms with Gasteiger partial charge in [-0.05, 0) is 30.7 Å². The van der Waals surface area contributed by atoms with Crippen LogP contribution in [-0.4, -0.2) is 15.7 Å². The maximum Gasteiger partial charge on any atom is 0.248 e. The normalized spacial score (nSPS) is 10.4. The number of aryl methyl sites for hydroxylation is 1. The highest BCUT2D eigenvalue weighted by Crippen LogP contribution is 2.15. The maximum atomic E-state index is 11.0. The number of rotatable bonds is 3. The Morgan fingerprint density at radius 1 is 1.41 bits per heavy atom. The van der Waals surface area contributed by atoms with Gasteiger partial charge in [0.15, 0.2) is 0 Å². The number of carbonyl (C=O) groups excluding carboxylic acids is 1. The molecule has 1 aromatic carbocycles. The molecule has 0 saturated heterocycles. The molecule has 0 unspecified atom stereocenters. The molecule has 0 saturated carbocycles. The Bertz CT molecular complexity index is 559. The zero-order valence-corrected chi connectivity index (χ0v) is 9.55. The van der Waals surface area contributed by atoms with Gasteiger partial charge < -0.3 is 11.5 Å². The van der Waals surface area contributed by atoms with Crippen molar-refractivity contribution in [1.82, 2.24) is 9.78 Å². The zero-order chi connectivity index (χ0) is 12.4. The summed E-state index contributed by atoms with van der Waals surface area (Å²) in [7, 11) is 0. The first-order valence-electron chi connectivity index (χ1n) is 5.24. The third-order valence-electron chi connectivity index (χ3n) is 2.54. The summed E-state index contributed by atoms with van der Waals surface area (Å²) in [6.45, 7) is 2.51. The first kappa shape index (κ1) is 11.2. The molecule has 0 spiro atoms. The van der Waals surface area contributed by atoms with E-state index < -0.39 is 5.91 Å². The Kier molecular flexibility index (Phi) is 2.82. The van der Waals surface area contributed by atoms with Crippen molar-refractivity contribution in [3.05, 3.63) is 47.3 Å². The van der Waals surface area contributed by atoms with E-state index in [-0.39, 0.29) is 0 Å². The largest absolute Gasteiger partial charge is 0.398 e. The zero-order valence-electron chi connectivity index (χ0n) is 9.55. The van der Waals surface area contributed by atoms with Crippen LogP contribution >= 0.6 is 0 Å². The fraction of sp³-hybridized carbons (Fsp3) is 0.167. The number of aromatic nitrogens is 2. The van der Waals surface area contributed by atoms with Gasteiger partial charge in [0.2, 0.25) is 5.91 Å². The van der Waals surface area contributed by atoms with E-state index in [1.54, 1.807) is 22.9 Å². The molecule has 0 aliphatic rings. The van der Waals surface area contributed by atoms with Gasteiger partial charge in [-0.1, -0.05) is 6.07 Å². The lowest BCUT2D eigenvalue weighted by Gasteiger charge is -2.07. The van der Waals surface area contributed by atoms with Crippen LogP contribution in [0.3, 0.4) is 0 Å². The Morgan fingerprint density at radius 2 is 2.18 bits per heavy atom. The molecule has 1 amide bonds. The van der Waals surface area contributed by atoms with Gasteiger partial charge in [-0.3, -0.25) is 9.48 Å². The van der Waals surface area contributed by atoms with Gasteiger partial charge in [0.25, 0.3) is 0 Å². The minimum absolute atomic E-state index is 0.419. The van der Waals surface area contributed by atoms with Crippen molar-refractivity contribution < 1.29 is 4.79 Å². The van der Waals surface area contributed by atoms with E-state index in [4.69, 9.17) is 11.5 Å². The molecule has 5 heteroatoms. The number of nitrogen functional groups attached to an aromatic ring is 1. The fourth-order valence-corrected chi connectivity index (χ4v) is 1.62. The summed E-state index contributed by atoms with van der Waals surface area (Å²) in [4.78, 5) is 11.0. The fourth-order valence-electron chi connectivity index (χ4n) is 1.62. The van der Waals surface area contributed by atoms with Crippen LogP contribution in [0.5, 0.6) is 0 Å². The molecule has 2 rings (SSSR count). The van der Waals surface area contributed by atoms with Gasteiger partial charge in [0.05, 0.1) is 12.2 Å². The summed E-state index contributed by atoms with van der Waals surface area (Å²) in [5, 5.41) is 4.27. The number of amides is 1. The Labute approximate surface area is 99.0 Å². The average Bonchev–Trinajstić information content (AvgIpc) is 2.67. The molecular weight excluding hydrogens is 216 g/mol. The topological polar surface area (TPSA) is 86.9 Å². The van der Waals surface area contributed by atoms with Crippen molar-refractivity contribution in [3.8, 4) is 0 Å². The summed E-state index contributed by atoms with van der Waals surface area (Å²) in [6, 6.07) is 6.98. The quantitative estimate of drug-likeness (QED) is 0.769. The molecular formula is C12H14N4O. The SMILES string of the molecule is Cc1ccn(Cc2ccc(C(N)=O)cc2N)n1.